The monoisotopic (exact) mass is 215 g/mol. The van der Waals surface area contributed by atoms with Crippen molar-refractivity contribution in [2.45, 2.75) is 6.54 Å². The lowest BCUT2D eigenvalue weighted by Crippen LogP contribution is -2.14. The van der Waals surface area contributed by atoms with Crippen LogP contribution in [0.4, 0.5) is 5.69 Å². The van der Waals surface area contributed by atoms with E-state index in [2.05, 4.69) is 10.3 Å². The molecule has 1 aromatic carbocycles. The van der Waals surface area contributed by atoms with Gasteiger partial charge < -0.3 is 16.0 Å². The van der Waals surface area contributed by atoms with E-state index in [1.165, 1.54) is 0 Å². The summed E-state index contributed by atoms with van der Waals surface area (Å²) < 4.78 is 0. The Kier molecular flexibility index (Phi) is 3.03. The van der Waals surface area contributed by atoms with Gasteiger partial charge in [-0.3, -0.25) is 4.79 Å². The molecule has 0 fully saturated rings. The maximum Gasteiger partial charge on any atom is 0.272 e. The zero-order valence-electron chi connectivity index (χ0n) is 8.73. The van der Waals surface area contributed by atoms with Gasteiger partial charge in [-0.15, -0.1) is 0 Å². The SMILES string of the molecule is NCc1ccccc1NC(=O)c1ccc[nH]1. The molecule has 0 atom stereocenters. The number of carbonyl (C=O) groups excluding carboxylic acids is 1. The number of carbonyl (C=O) groups is 1. The van der Waals surface area contributed by atoms with Crippen molar-refractivity contribution in [3.63, 3.8) is 0 Å². The van der Waals surface area contributed by atoms with Crippen LogP contribution in [0.5, 0.6) is 0 Å². The first-order valence-corrected chi connectivity index (χ1v) is 5.04. The Hall–Kier alpha value is -2.07. The topological polar surface area (TPSA) is 70.9 Å². The molecule has 0 unspecified atom stereocenters. The highest BCUT2D eigenvalue weighted by atomic mass is 16.1. The number of nitrogens with two attached hydrogens (primary N) is 1. The number of hydrogen-bond acceptors (Lipinski definition) is 2. The highest BCUT2D eigenvalue weighted by molar-refractivity contribution is 6.03. The summed E-state index contributed by atoms with van der Waals surface area (Å²) in [6.07, 6.45) is 1.71. The normalized spacial score (nSPS) is 10.1. The first kappa shape index (κ1) is 10.4. The van der Waals surface area contributed by atoms with Crippen molar-refractivity contribution in [2.24, 2.45) is 5.73 Å². The van der Waals surface area contributed by atoms with E-state index in [9.17, 15) is 4.79 Å². The number of aromatic nitrogens is 1. The molecule has 4 N–H and O–H groups in total. The molecule has 0 saturated carbocycles. The summed E-state index contributed by atoms with van der Waals surface area (Å²) in [7, 11) is 0. The lowest BCUT2D eigenvalue weighted by Gasteiger charge is -2.08. The maximum absolute atomic E-state index is 11.8. The second-order valence-electron chi connectivity index (χ2n) is 3.40. The maximum atomic E-state index is 11.8. The molecule has 2 rings (SSSR count). The second kappa shape index (κ2) is 4.63. The third-order valence-corrected chi connectivity index (χ3v) is 2.33. The van der Waals surface area contributed by atoms with E-state index < -0.39 is 0 Å². The molecular formula is C12H13N3O. The Morgan fingerprint density at radius 1 is 1.25 bits per heavy atom. The van der Waals surface area contributed by atoms with Crippen molar-refractivity contribution in [3.8, 4) is 0 Å². The molecule has 4 nitrogen and oxygen atoms in total. The molecule has 0 aliphatic carbocycles. The minimum Gasteiger partial charge on any atom is -0.357 e. The van der Waals surface area contributed by atoms with E-state index in [0.717, 1.165) is 11.3 Å². The molecule has 0 aliphatic rings. The molecule has 4 heteroatoms. The van der Waals surface area contributed by atoms with Crippen molar-refractivity contribution < 1.29 is 4.79 Å². The average Bonchev–Trinajstić information content (AvgIpc) is 2.83. The number of amides is 1. The van der Waals surface area contributed by atoms with E-state index in [4.69, 9.17) is 5.73 Å². The Labute approximate surface area is 93.5 Å². The Balaban J connectivity index is 2.18. The van der Waals surface area contributed by atoms with Gasteiger partial charge in [-0.25, -0.2) is 0 Å². The van der Waals surface area contributed by atoms with Crippen LogP contribution in [0.2, 0.25) is 0 Å². The van der Waals surface area contributed by atoms with E-state index >= 15 is 0 Å². The van der Waals surface area contributed by atoms with Crippen LogP contribution in [-0.2, 0) is 6.54 Å². The van der Waals surface area contributed by atoms with Crippen LogP contribution in [0.25, 0.3) is 0 Å². The summed E-state index contributed by atoms with van der Waals surface area (Å²) in [6, 6.07) is 11.0. The summed E-state index contributed by atoms with van der Waals surface area (Å²) in [5, 5.41) is 2.81. The molecule has 0 bridgehead atoms. The van der Waals surface area contributed by atoms with Crippen molar-refractivity contribution in [3.05, 3.63) is 53.9 Å². The van der Waals surface area contributed by atoms with E-state index in [1.807, 2.05) is 24.3 Å². The van der Waals surface area contributed by atoms with Gasteiger partial charge in [0.1, 0.15) is 5.69 Å². The minimum absolute atomic E-state index is 0.161. The molecule has 0 radical (unpaired) electrons. The fraction of sp³-hybridized carbons (Fsp3) is 0.0833. The quantitative estimate of drug-likeness (QED) is 0.729. The largest absolute Gasteiger partial charge is 0.357 e. The fourth-order valence-corrected chi connectivity index (χ4v) is 1.48. The third-order valence-electron chi connectivity index (χ3n) is 2.33. The molecule has 1 aromatic heterocycles. The minimum atomic E-state index is -0.161. The molecule has 1 amide bonds. The average molecular weight is 215 g/mol. The molecule has 0 spiro atoms. The smallest absolute Gasteiger partial charge is 0.272 e. The zero-order chi connectivity index (χ0) is 11.4. The summed E-state index contributed by atoms with van der Waals surface area (Å²) in [6.45, 7) is 0.404. The summed E-state index contributed by atoms with van der Waals surface area (Å²) in [5.41, 5.74) is 7.79. The highest BCUT2D eigenvalue weighted by Gasteiger charge is 2.08. The van der Waals surface area contributed by atoms with Crippen LogP contribution in [0.3, 0.4) is 0 Å². The standard InChI is InChI=1S/C12H13N3O/c13-8-9-4-1-2-5-10(9)15-12(16)11-6-3-7-14-11/h1-7,14H,8,13H2,(H,15,16). The van der Waals surface area contributed by atoms with E-state index in [-0.39, 0.29) is 5.91 Å². The second-order valence-corrected chi connectivity index (χ2v) is 3.40. The molecule has 1 heterocycles. The van der Waals surface area contributed by atoms with Crippen LogP contribution >= 0.6 is 0 Å². The first-order chi connectivity index (χ1) is 7.81. The number of para-hydroxylation sites is 1. The van der Waals surface area contributed by atoms with Gasteiger partial charge in [0.2, 0.25) is 0 Å². The Bertz CT molecular complexity index is 477. The predicted octanol–water partition coefficient (Wildman–Crippen LogP) is 1.73. The fourth-order valence-electron chi connectivity index (χ4n) is 1.48. The van der Waals surface area contributed by atoms with Gasteiger partial charge in [0.15, 0.2) is 0 Å². The first-order valence-electron chi connectivity index (χ1n) is 5.04. The van der Waals surface area contributed by atoms with Crippen molar-refractivity contribution in [1.82, 2.24) is 4.98 Å². The molecule has 0 aliphatic heterocycles. The predicted molar refractivity (Wildman–Crippen MR) is 63.1 cm³/mol. The van der Waals surface area contributed by atoms with Crippen molar-refractivity contribution in [2.75, 3.05) is 5.32 Å². The number of benzene rings is 1. The van der Waals surface area contributed by atoms with E-state index in [0.29, 0.717) is 12.2 Å². The number of anilines is 1. The van der Waals surface area contributed by atoms with Gasteiger partial charge in [-0.1, -0.05) is 18.2 Å². The van der Waals surface area contributed by atoms with Gasteiger partial charge in [0, 0.05) is 18.4 Å². The zero-order valence-corrected chi connectivity index (χ0v) is 8.73. The number of rotatable bonds is 3. The highest BCUT2D eigenvalue weighted by Crippen LogP contribution is 2.14. The van der Waals surface area contributed by atoms with Crippen LogP contribution in [-0.4, -0.2) is 10.9 Å². The van der Waals surface area contributed by atoms with Crippen LogP contribution < -0.4 is 11.1 Å². The summed E-state index contributed by atoms with van der Waals surface area (Å²) in [4.78, 5) is 14.6. The molecule has 2 aromatic rings. The van der Waals surface area contributed by atoms with Crippen LogP contribution in [0.1, 0.15) is 16.1 Å². The molecular weight excluding hydrogens is 202 g/mol. The lowest BCUT2D eigenvalue weighted by molar-refractivity contribution is 0.102. The number of nitrogens with one attached hydrogen (secondary N) is 2. The van der Waals surface area contributed by atoms with Gasteiger partial charge in [-0.2, -0.15) is 0 Å². The molecule has 82 valence electrons. The van der Waals surface area contributed by atoms with Gasteiger partial charge in [0.25, 0.3) is 5.91 Å². The summed E-state index contributed by atoms with van der Waals surface area (Å²) >= 11 is 0. The van der Waals surface area contributed by atoms with Crippen LogP contribution in [0, 0.1) is 0 Å². The molecule has 16 heavy (non-hydrogen) atoms. The number of aromatic amines is 1. The van der Waals surface area contributed by atoms with Gasteiger partial charge >= 0.3 is 0 Å². The van der Waals surface area contributed by atoms with Crippen molar-refractivity contribution >= 4 is 11.6 Å². The third kappa shape index (κ3) is 2.12. The number of H-pyrrole nitrogens is 1. The van der Waals surface area contributed by atoms with Crippen molar-refractivity contribution in [1.29, 1.82) is 0 Å². The van der Waals surface area contributed by atoms with Crippen LogP contribution in [0.15, 0.2) is 42.6 Å². The summed E-state index contributed by atoms with van der Waals surface area (Å²) in [5.74, 6) is -0.161. The van der Waals surface area contributed by atoms with E-state index in [1.54, 1.807) is 18.3 Å². The Morgan fingerprint density at radius 3 is 2.75 bits per heavy atom. The number of hydrogen-bond donors (Lipinski definition) is 3. The molecule has 0 saturated heterocycles. The van der Waals surface area contributed by atoms with Gasteiger partial charge in [-0.05, 0) is 23.8 Å². The Morgan fingerprint density at radius 2 is 2.06 bits per heavy atom. The van der Waals surface area contributed by atoms with Gasteiger partial charge in [0.05, 0.1) is 0 Å². The lowest BCUT2D eigenvalue weighted by atomic mass is 10.2.